The maximum atomic E-state index is 5.54. The van der Waals surface area contributed by atoms with E-state index in [9.17, 15) is 0 Å². The molecule has 1 aromatic carbocycles. The predicted molar refractivity (Wildman–Crippen MR) is 81.0 cm³/mol. The summed E-state index contributed by atoms with van der Waals surface area (Å²) in [6.45, 7) is 6.52. The molecule has 1 atom stereocenters. The lowest BCUT2D eigenvalue weighted by Crippen LogP contribution is -2.26. The summed E-state index contributed by atoms with van der Waals surface area (Å²) < 4.78 is 5.54. The molecule has 1 aromatic rings. The lowest BCUT2D eigenvalue weighted by molar-refractivity contribution is 0.357. The van der Waals surface area contributed by atoms with Crippen LogP contribution >= 0.6 is 0 Å². The second-order valence-electron chi connectivity index (χ2n) is 5.64. The molecule has 1 aliphatic rings. The van der Waals surface area contributed by atoms with E-state index in [4.69, 9.17) is 4.74 Å². The smallest absolute Gasteiger partial charge is 0.122 e. The topological polar surface area (TPSA) is 21.3 Å². The van der Waals surface area contributed by atoms with Gasteiger partial charge in [0, 0.05) is 12.5 Å². The van der Waals surface area contributed by atoms with E-state index in [1.165, 1.54) is 43.2 Å². The van der Waals surface area contributed by atoms with Crippen LogP contribution < -0.4 is 10.1 Å². The zero-order chi connectivity index (χ0) is 13.5. The van der Waals surface area contributed by atoms with Gasteiger partial charge in [0.15, 0.2) is 0 Å². The molecule has 0 saturated carbocycles. The first-order valence-corrected chi connectivity index (χ1v) is 7.77. The van der Waals surface area contributed by atoms with Crippen LogP contribution in [-0.2, 0) is 12.8 Å². The molecule has 19 heavy (non-hydrogen) atoms. The molecule has 2 nitrogen and oxygen atoms in total. The summed E-state index contributed by atoms with van der Waals surface area (Å²) in [4.78, 5) is 0. The van der Waals surface area contributed by atoms with Crippen LogP contribution in [0.25, 0.3) is 0 Å². The van der Waals surface area contributed by atoms with Crippen molar-refractivity contribution in [2.24, 2.45) is 0 Å². The van der Waals surface area contributed by atoms with Crippen LogP contribution in [0.5, 0.6) is 5.75 Å². The predicted octanol–water partition coefficient (Wildman–Crippen LogP) is 3.72. The number of unbranched alkanes of at least 4 members (excludes halogenated alkanes) is 1. The van der Waals surface area contributed by atoms with Crippen LogP contribution in [0.3, 0.4) is 0 Å². The van der Waals surface area contributed by atoms with Gasteiger partial charge in [-0.3, -0.25) is 0 Å². The van der Waals surface area contributed by atoms with Gasteiger partial charge in [-0.05, 0) is 56.3 Å². The Morgan fingerprint density at radius 1 is 1.32 bits per heavy atom. The highest BCUT2D eigenvalue weighted by Crippen LogP contribution is 2.26. The van der Waals surface area contributed by atoms with Gasteiger partial charge >= 0.3 is 0 Å². The number of ether oxygens (including phenoxy) is 1. The first-order valence-electron chi connectivity index (χ1n) is 7.77. The molecule has 1 unspecified atom stereocenters. The fraction of sp³-hybridized carbons (Fsp3) is 0.647. The van der Waals surface area contributed by atoms with Gasteiger partial charge in [-0.1, -0.05) is 25.5 Å². The maximum absolute atomic E-state index is 5.54. The molecule has 0 spiro atoms. The Labute approximate surface area is 117 Å². The van der Waals surface area contributed by atoms with Crippen molar-refractivity contribution in [2.45, 2.75) is 58.4 Å². The molecule has 0 fully saturated rings. The summed E-state index contributed by atoms with van der Waals surface area (Å²) in [6, 6.07) is 7.36. The first kappa shape index (κ1) is 14.4. The maximum Gasteiger partial charge on any atom is 0.122 e. The minimum absolute atomic E-state index is 0.661. The van der Waals surface area contributed by atoms with E-state index in [0.29, 0.717) is 6.04 Å². The van der Waals surface area contributed by atoms with Crippen molar-refractivity contribution in [3.63, 3.8) is 0 Å². The van der Waals surface area contributed by atoms with Gasteiger partial charge < -0.3 is 10.1 Å². The van der Waals surface area contributed by atoms with Crippen LogP contribution in [-0.4, -0.2) is 19.2 Å². The summed E-state index contributed by atoms with van der Waals surface area (Å²) in [5.41, 5.74) is 2.87. The van der Waals surface area contributed by atoms with Gasteiger partial charge in [-0.2, -0.15) is 0 Å². The van der Waals surface area contributed by atoms with Crippen molar-refractivity contribution in [3.05, 3.63) is 29.3 Å². The molecule has 1 N–H and O–H groups in total. The van der Waals surface area contributed by atoms with Gasteiger partial charge in [0.05, 0.1) is 6.61 Å². The van der Waals surface area contributed by atoms with E-state index in [1.54, 1.807) is 0 Å². The van der Waals surface area contributed by atoms with E-state index in [-0.39, 0.29) is 0 Å². The van der Waals surface area contributed by atoms with Gasteiger partial charge in [0.25, 0.3) is 0 Å². The number of rotatable bonds is 8. The quantitative estimate of drug-likeness (QED) is 0.720. The highest BCUT2D eigenvalue weighted by atomic mass is 16.5. The number of nitrogens with one attached hydrogen (secondary N) is 1. The summed E-state index contributed by atoms with van der Waals surface area (Å²) in [6.07, 6.45) is 7.40. The number of aryl methyl sites for hydroxylation is 1. The Hall–Kier alpha value is -1.02. The zero-order valence-electron chi connectivity index (χ0n) is 12.4. The molecule has 1 aliphatic heterocycles. The van der Waals surface area contributed by atoms with Crippen LogP contribution in [0.4, 0.5) is 0 Å². The molecule has 0 amide bonds. The minimum atomic E-state index is 0.661. The standard InChI is InChI=1S/C17H27NO/c1-3-11-18-14(2)6-4-5-7-15-8-9-17-16(13-15)10-12-19-17/h8-9,13-14,18H,3-7,10-12H2,1-2H3. The Kier molecular flexibility index (Phi) is 5.71. The van der Waals surface area contributed by atoms with Crippen LogP contribution in [0, 0.1) is 0 Å². The third kappa shape index (κ3) is 4.54. The van der Waals surface area contributed by atoms with Crippen molar-refractivity contribution in [1.29, 1.82) is 0 Å². The van der Waals surface area contributed by atoms with Gasteiger partial charge in [0.1, 0.15) is 5.75 Å². The molecular weight excluding hydrogens is 234 g/mol. The number of benzene rings is 1. The van der Waals surface area contributed by atoms with Crippen molar-refractivity contribution < 1.29 is 4.74 Å². The van der Waals surface area contributed by atoms with Crippen molar-refractivity contribution >= 4 is 0 Å². The van der Waals surface area contributed by atoms with E-state index >= 15 is 0 Å². The van der Waals surface area contributed by atoms with E-state index in [2.05, 4.69) is 37.4 Å². The zero-order valence-corrected chi connectivity index (χ0v) is 12.4. The van der Waals surface area contributed by atoms with Crippen molar-refractivity contribution in [2.75, 3.05) is 13.2 Å². The van der Waals surface area contributed by atoms with E-state index < -0.39 is 0 Å². The minimum Gasteiger partial charge on any atom is -0.493 e. The van der Waals surface area contributed by atoms with Gasteiger partial charge in [0.2, 0.25) is 0 Å². The fourth-order valence-electron chi connectivity index (χ4n) is 2.67. The van der Waals surface area contributed by atoms with E-state index in [0.717, 1.165) is 25.3 Å². The number of hydrogen-bond donors (Lipinski definition) is 1. The normalized spacial score (nSPS) is 15.1. The summed E-state index contributed by atoms with van der Waals surface area (Å²) >= 11 is 0. The van der Waals surface area contributed by atoms with Crippen LogP contribution in [0.2, 0.25) is 0 Å². The third-order valence-corrected chi connectivity index (χ3v) is 3.85. The largest absolute Gasteiger partial charge is 0.493 e. The average molecular weight is 261 g/mol. The van der Waals surface area contributed by atoms with Crippen molar-refractivity contribution in [1.82, 2.24) is 5.32 Å². The molecule has 0 radical (unpaired) electrons. The number of hydrogen-bond acceptors (Lipinski definition) is 2. The van der Waals surface area contributed by atoms with Gasteiger partial charge in [-0.15, -0.1) is 0 Å². The Balaban J connectivity index is 1.66. The molecule has 106 valence electrons. The summed E-state index contributed by atoms with van der Waals surface area (Å²) in [5, 5.41) is 3.55. The molecule has 2 heteroatoms. The Bertz CT molecular complexity index is 389. The summed E-state index contributed by atoms with van der Waals surface area (Å²) in [7, 11) is 0. The molecular formula is C17H27NO. The van der Waals surface area contributed by atoms with Gasteiger partial charge in [-0.25, -0.2) is 0 Å². The van der Waals surface area contributed by atoms with Crippen LogP contribution in [0.1, 0.15) is 50.7 Å². The van der Waals surface area contributed by atoms with E-state index in [1.807, 2.05) is 0 Å². The fourth-order valence-corrected chi connectivity index (χ4v) is 2.67. The Morgan fingerprint density at radius 3 is 3.05 bits per heavy atom. The lowest BCUT2D eigenvalue weighted by atomic mass is 10.0. The second kappa shape index (κ2) is 7.54. The number of fused-ring (bicyclic) bond motifs is 1. The first-order chi connectivity index (χ1) is 9.29. The molecule has 0 bridgehead atoms. The lowest BCUT2D eigenvalue weighted by Gasteiger charge is -2.12. The molecule has 0 aromatic heterocycles. The molecule has 1 heterocycles. The van der Waals surface area contributed by atoms with Crippen molar-refractivity contribution in [3.8, 4) is 5.75 Å². The molecule has 2 rings (SSSR count). The molecule has 0 saturated heterocycles. The third-order valence-electron chi connectivity index (χ3n) is 3.85. The second-order valence-corrected chi connectivity index (χ2v) is 5.64. The average Bonchev–Trinajstić information content (AvgIpc) is 2.88. The monoisotopic (exact) mass is 261 g/mol. The Morgan fingerprint density at radius 2 is 2.21 bits per heavy atom. The summed E-state index contributed by atoms with van der Waals surface area (Å²) in [5.74, 6) is 1.10. The molecule has 0 aliphatic carbocycles. The highest BCUT2D eigenvalue weighted by molar-refractivity contribution is 5.39. The highest BCUT2D eigenvalue weighted by Gasteiger charge is 2.11. The SMILES string of the molecule is CCCNC(C)CCCCc1ccc2c(c1)CCO2. The van der Waals surface area contributed by atoms with Crippen LogP contribution in [0.15, 0.2) is 18.2 Å².